The van der Waals surface area contributed by atoms with Gasteiger partial charge in [0, 0.05) is 9.37 Å². The Hall–Kier alpha value is -0.460. The summed E-state index contributed by atoms with van der Waals surface area (Å²) in [7, 11) is 0. The van der Waals surface area contributed by atoms with Gasteiger partial charge < -0.3 is 0 Å². The summed E-state index contributed by atoms with van der Waals surface area (Å²) < 4.78 is 1.05. The van der Waals surface area contributed by atoms with Gasteiger partial charge in [-0.2, -0.15) is 5.26 Å². The molecule has 0 radical (unpaired) electrons. The summed E-state index contributed by atoms with van der Waals surface area (Å²) >= 11 is 5.02. The molecule has 1 aromatic rings. The molecule has 3 heteroatoms. The maximum Gasteiger partial charge on any atom is 0.0992 e. The Labute approximate surface area is 78.5 Å². The third-order valence-electron chi connectivity index (χ3n) is 1.28. The number of thioether (sulfide) groups is 1. The molecule has 0 fully saturated rings. The van der Waals surface area contributed by atoms with E-state index in [2.05, 4.69) is 22.0 Å². The first-order valence-corrected chi connectivity index (χ1v) is 5.03. The molecule has 0 unspecified atom stereocenters. The Morgan fingerprint density at radius 1 is 1.55 bits per heavy atom. The van der Waals surface area contributed by atoms with Crippen LogP contribution in [0.25, 0.3) is 0 Å². The highest BCUT2D eigenvalue weighted by Crippen LogP contribution is 2.26. The van der Waals surface area contributed by atoms with Crippen LogP contribution in [-0.4, -0.2) is 6.26 Å². The van der Waals surface area contributed by atoms with Crippen LogP contribution in [0.5, 0.6) is 0 Å². The van der Waals surface area contributed by atoms with Crippen LogP contribution in [0.15, 0.2) is 27.6 Å². The van der Waals surface area contributed by atoms with Crippen molar-refractivity contribution < 1.29 is 0 Å². The van der Waals surface area contributed by atoms with Gasteiger partial charge in [0.1, 0.15) is 0 Å². The summed E-state index contributed by atoms with van der Waals surface area (Å²) in [5.41, 5.74) is 0.706. The molecule has 0 heterocycles. The highest BCUT2D eigenvalue weighted by molar-refractivity contribution is 9.10. The summed E-state index contributed by atoms with van der Waals surface area (Å²) in [5.74, 6) is 0. The zero-order valence-corrected chi connectivity index (χ0v) is 8.37. The lowest BCUT2D eigenvalue weighted by molar-refractivity contribution is 1.37. The first kappa shape index (κ1) is 8.63. The van der Waals surface area contributed by atoms with E-state index in [9.17, 15) is 0 Å². The number of halogens is 1. The average Bonchev–Trinajstić information content (AvgIpc) is 2.05. The molecule has 11 heavy (non-hydrogen) atoms. The molecular formula is C8H6BrNS. The van der Waals surface area contributed by atoms with Crippen molar-refractivity contribution in [2.75, 3.05) is 6.26 Å². The fourth-order valence-electron chi connectivity index (χ4n) is 0.729. The molecule has 0 N–H and O–H groups in total. The van der Waals surface area contributed by atoms with Crippen molar-refractivity contribution in [3.8, 4) is 6.07 Å². The van der Waals surface area contributed by atoms with Crippen LogP contribution in [-0.2, 0) is 0 Å². The first-order chi connectivity index (χ1) is 5.27. The van der Waals surface area contributed by atoms with Crippen LogP contribution in [0.2, 0.25) is 0 Å². The molecule has 0 atom stereocenters. The summed E-state index contributed by atoms with van der Waals surface area (Å²) in [5, 5.41) is 8.57. The first-order valence-electron chi connectivity index (χ1n) is 3.01. The normalized spacial score (nSPS) is 9.18. The van der Waals surface area contributed by atoms with Gasteiger partial charge in [-0.15, -0.1) is 11.8 Å². The number of hydrogen-bond acceptors (Lipinski definition) is 2. The fourth-order valence-corrected chi connectivity index (χ4v) is 1.97. The number of benzene rings is 1. The third kappa shape index (κ3) is 1.98. The number of nitriles is 1. The van der Waals surface area contributed by atoms with E-state index in [1.54, 1.807) is 17.8 Å². The summed E-state index contributed by atoms with van der Waals surface area (Å²) in [6.45, 7) is 0. The Morgan fingerprint density at radius 3 is 2.82 bits per heavy atom. The predicted octanol–water partition coefficient (Wildman–Crippen LogP) is 3.04. The Bertz CT molecular complexity index is 303. The number of hydrogen-bond donors (Lipinski definition) is 0. The van der Waals surface area contributed by atoms with E-state index < -0.39 is 0 Å². The zero-order valence-electron chi connectivity index (χ0n) is 5.97. The van der Waals surface area contributed by atoms with Crippen molar-refractivity contribution in [3.63, 3.8) is 0 Å². The molecule has 1 rings (SSSR count). The maximum absolute atomic E-state index is 8.57. The highest BCUT2D eigenvalue weighted by Gasteiger charge is 1.98. The molecule has 0 aliphatic rings. The minimum absolute atomic E-state index is 0.706. The Morgan fingerprint density at radius 2 is 2.27 bits per heavy atom. The lowest BCUT2D eigenvalue weighted by Gasteiger charge is -1.98. The maximum atomic E-state index is 8.57. The SMILES string of the molecule is CSc1cc(C#N)ccc1Br. The van der Waals surface area contributed by atoms with Crippen molar-refractivity contribution in [1.29, 1.82) is 5.26 Å². The van der Waals surface area contributed by atoms with Crippen LogP contribution in [0.1, 0.15) is 5.56 Å². The Kier molecular flexibility index (Phi) is 2.98. The minimum Gasteiger partial charge on any atom is -0.192 e. The summed E-state index contributed by atoms with van der Waals surface area (Å²) in [4.78, 5) is 1.10. The van der Waals surface area contributed by atoms with E-state index in [1.807, 2.05) is 18.4 Å². The molecule has 1 aromatic carbocycles. The number of nitrogens with zero attached hydrogens (tertiary/aromatic N) is 1. The molecule has 0 aliphatic carbocycles. The van der Waals surface area contributed by atoms with Crippen LogP contribution in [0, 0.1) is 11.3 Å². The smallest absolute Gasteiger partial charge is 0.0992 e. The standard InChI is InChI=1S/C8H6BrNS/c1-11-8-4-6(5-10)2-3-7(8)9/h2-4H,1H3. The van der Waals surface area contributed by atoms with Crippen LogP contribution < -0.4 is 0 Å². The van der Waals surface area contributed by atoms with Crippen LogP contribution in [0.4, 0.5) is 0 Å². The van der Waals surface area contributed by atoms with Gasteiger partial charge in [0.05, 0.1) is 11.6 Å². The van der Waals surface area contributed by atoms with E-state index in [-0.39, 0.29) is 0 Å². The van der Waals surface area contributed by atoms with Gasteiger partial charge in [-0.25, -0.2) is 0 Å². The van der Waals surface area contributed by atoms with Gasteiger partial charge in [0.15, 0.2) is 0 Å². The lowest BCUT2D eigenvalue weighted by Crippen LogP contribution is -1.77. The van der Waals surface area contributed by atoms with E-state index >= 15 is 0 Å². The molecule has 0 aliphatic heterocycles. The van der Waals surface area contributed by atoms with E-state index in [0.29, 0.717) is 5.56 Å². The molecule has 0 aromatic heterocycles. The van der Waals surface area contributed by atoms with Gasteiger partial charge in [-0.1, -0.05) is 0 Å². The number of rotatable bonds is 1. The molecule has 0 bridgehead atoms. The Balaban J connectivity index is 3.15. The second kappa shape index (κ2) is 3.80. The second-order valence-corrected chi connectivity index (χ2v) is 3.66. The van der Waals surface area contributed by atoms with Crippen molar-refractivity contribution in [2.24, 2.45) is 0 Å². The van der Waals surface area contributed by atoms with Crippen molar-refractivity contribution in [3.05, 3.63) is 28.2 Å². The quantitative estimate of drug-likeness (QED) is 0.689. The molecule has 56 valence electrons. The van der Waals surface area contributed by atoms with E-state index in [0.717, 1.165) is 9.37 Å². The molecule has 0 amide bonds. The highest BCUT2D eigenvalue weighted by atomic mass is 79.9. The molecular weight excluding hydrogens is 222 g/mol. The zero-order chi connectivity index (χ0) is 8.27. The topological polar surface area (TPSA) is 23.8 Å². The van der Waals surface area contributed by atoms with Gasteiger partial charge >= 0.3 is 0 Å². The molecule has 1 nitrogen and oxygen atoms in total. The minimum atomic E-state index is 0.706. The fraction of sp³-hybridized carbons (Fsp3) is 0.125. The predicted molar refractivity (Wildman–Crippen MR) is 50.6 cm³/mol. The lowest BCUT2D eigenvalue weighted by atomic mass is 10.2. The summed E-state index contributed by atoms with van der Waals surface area (Å²) in [6, 6.07) is 7.65. The molecule has 0 saturated heterocycles. The van der Waals surface area contributed by atoms with E-state index in [4.69, 9.17) is 5.26 Å². The van der Waals surface area contributed by atoms with E-state index in [1.165, 1.54) is 0 Å². The monoisotopic (exact) mass is 227 g/mol. The van der Waals surface area contributed by atoms with Crippen molar-refractivity contribution >= 4 is 27.7 Å². The van der Waals surface area contributed by atoms with Gasteiger partial charge in [-0.3, -0.25) is 0 Å². The largest absolute Gasteiger partial charge is 0.192 e. The third-order valence-corrected chi connectivity index (χ3v) is 3.01. The second-order valence-electron chi connectivity index (χ2n) is 1.96. The van der Waals surface area contributed by atoms with Gasteiger partial charge in [0.25, 0.3) is 0 Å². The van der Waals surface area contributed by atoms with Gasteiger partial charge in [0.2, 0.25) is 0 Å². The van der Waals surface area contributed by atoms with Crippen LogP contribution >= 0.6 is 27.7 Å². The molecule has 0 spiro atoms. The van der Waals surface area contributed by atoms with Crippen molar-refractivity contribution in [1.82, 2.24) is 0 Å². The summed E-state index contributed by atoms with van der Waals surface area (Å²) in [6.07, 6.45) is 1.99. The van der Waals surface area contributed by atoms with Crippen LogP contribution in [0.3, 0.4) is 0 Å². The average molecular weight is 228 g/mol. The molecule has 0 saturated carbocycles. The van der Waals surface area contributed by atoms with Crippen molar-refractivity contribution in [2.45, 2.75) is 4.90 Å². The van der Waals surface area contributed by atoms with Gasteiger partial charge in [-0.05, 0) is 40.4 Å².